The van der Waals surface area contributed by atoms with Gasteiger partial charge in [-0.3, -0.25) is 0 Å². The summed E-state index contributed by atoms with van der Waals surface area (Å²) in [7, 11) is 0. The van der Waals surface area contributed by atoms with Crippen molar-refractivity contribution in [1.29, 1.82) is 0 Å². The Hall–Kier alpha value is -7.02. The van der Waals surface area contributed by atoms with Gasteiger partial charge in [0.2, 0.25) is 0 Å². The van der Waals surface area contributed by atoms with Gasteiger partial charge in [-0.2, -0.15) is 0 Å². The van der Waals surface area contributed by atoms with E-state index in [-0.39, 0.29) is 0 Å². The summed E-state index contributed by atoms with van der Waals surface area (Å²) >= 11 is 0. The van der Waals surface area contributed by atoms with Crippen LogP contribution in [-0.4, -0.2) is 0 Å². The van der Waals surface area contributed by atoms with Crippen molar-refractivity contribution in [2.24, 2.45) is 0 Å². The number of fused-ring (bicyclic) bond motifs is 9. The van der Waals surface area contributed by atoms with E-state index >= 15 is 0 Å². The summed E-state index contributed by atoms with van der Waals surface area (Å²) in [6.45, 7) is 0. The molecule has 0 spiro atoms. The van der Waals surface area contributed by atoms with Crippen LogP contribution < -0.4 is 0 Å². The maximum atomic E-state index is 2.39. The van der Waals surface area contributed by atoms with E-state index in [0.717, 1.165) is 0 Å². The Kier molecular flexibility index (Phi) is 6.97. The number of rotatable bonds is 4. The Morgan fingerprint density at radius 3 is 0.981 bits per heavy atom. The van der Waals surface area contributed by atoms with Gasteiger partial charge in [-0.25, -0.2) is 0 Å². The first-order valence-electron chi connectivity index (χ1n) is 18.7. The minimum atomic E-state index is 1.22. The molecule has 0 saturated carbocycles. The van der Waals surface area contributed by atoms with Crippen molar-refractivity contribution in [3.05, 3.63) is 206 Å². The van der Waals surface area contributed by atoms with Crippen LogP contribution in [0.1, 0.15) is 0 Å². The molecule has 0 atom stereocenters. The quantitative estimate of drug-likeness (QED) is 0.162. The summed E-state index contributed by atoms with van der Waals surface area (Å²) < 4.78 is 0. The summed E-state index contributed by atoms with van der Waals surface area (Å²) in [5.41, 5.74) is 9.90. The minimum absolute atomic E-state index is 1.22. The molecule has 0 N–H and O–H groups in total. The third-order valence-corrected chi connectivity index (χ3v) is 11.4. The van der Waals surface area contributed by atoms with Gasteiger partial charge in [-0.1, -0.05) is 170 Å². The second kappa shape index (κ2) is 12.3. The number of benzene rings is 11. The molecule has 54 heavy (non-hydrogen) atoms. The monoisotopic (exact) mass is 682 g/mol. The van der Waals surface area contributed by atoms with E-state index in [9.17, 15) is 0 Å². The zero-order valence-electron chi connectivity index (χ0n) is 29.6. The molecule has 0 aliphatic rings. The maximum Gasteiger partial charge on any atom is -0.00988 e. The molecule has 0 heterocycles. The second-order valence-electron chi connectivity index (χ2n) is 14.4. The van der Waals surface area contributed by atoms with E-state index in [1.165, 1.54) is 109 Å². The molecule has 0 aliphatic carbocycles. The number of hydrogen-bond acceptors (Lipinski definition) is 0. The molecule has 250 valence electrons. The predicted molar refractivity (Wildman–Crippen MR) is 233 cm³/mol. The van der Waals surface area contributed by atoms with Crippen LogP contribution in [-0.2, 0) is 0 Å². The molecule has 0 unspecified atom stereocenters. The largest absolute Gasteiger partial charge is 0.0616 e. The van der Waals surface area contributed by atoms with Crippen LogP contribution in [0.2, 0.25) is 0 Å². The van der Waals surface area contributed by atoms with Gasteiger partial charge >= 0.3 is 0 Å². The second-order valence-corrected chi connectivity index (χ2v) is 14.4. The van der Waals surface area contributed by atoms with E-state index in [2.05, 4.69) is 206 Å². The number of hydrogen-bond donors (Lipinski definition) is 0. The van der Waals surface area contributed by atoms with Gasteiger partial charge in [0.1, 0.15) is 0 Å². The molecule has 0 aromatic heterocycles. The highest BCUT2D eigenvalue weighted by Crippen LogP contribution is 2.41. The fraction of sp³-hybridized carbons (Fsp3) is 0. The predicted octanol–water partition coefficient (Wildman–Crippen LogP) is 15.3. The standard InChI is InChI=1S/C54H34/c1-3-19-43-40(13-1)32-52(47-23-7-5-21-45(43)47)37-16-11-15-35(29-37)36-27-28-42-34-54(50-26-10-9-25-49(50)51(42)31-36)39-18-12-17-38(30-39)53-33-41-14-2-4-20-44(41)46-22-6-8-24-48(46)53/h1-34H. The Labute approximate surface area is 314 Å². The van der Waals surface area contributed by atoms with Gasteiger partial charge in [0.05, 0.1) is 0 Å². The van der Waals surface area contributed by atoms with E-state index < -0.39 is 0 Å². The van der Waals surface area contributed by atoms with Gasteiger partial charge in [0.15, 0.2) is 0 Å². The van der Waals surface area contributed by atoms with Crippen LogP contribution in [0.4, 0.5) is 0 Å². The van der Waals surface area contributed by atoms with Crippen molar-refractivity contribution in [3.63, 3.8) is 0 Å². The van der Waals surface area contributed by atoms with Crippen LogP contribution in [0.15, 0.2) is 206 Å². The summed E-state index contributed by atoms with van der Waals surface area (Å²) in [5.74, 6) is 0. The van der Waals surface area contributed by atoms with E-state index in [4.69, 9.17) is 0 Å². The Morgan fingerprint density at radius 1 is 0.167 bits per heavy atom. The molecule has 11 aromatic rings. The minimum Gasteiger partial charge on any atom is -0.0616 e. The molecule has 0 fully saturated rings. The molecular formula is C54H34. The highest BCUT2D eigenvalue weighted by atomic mass is 14.2. The summed E-state index contributed by atoms with van der Waals surface area (Å²) in [5, 5.41) is 15.3. The average Bonchev–Trinajstić information content (AvgIpc) is 3.25. The molecule has 0 nitrogen and oxygen atoms in total. The van der Waals surface area contributed by atoms with E-state index in [1.807, 2.05) is 0 Å². The van der Waals surface area contributed by atoms with E-state index in [1.54, 1.807) is 0 Å². The van der Waals surface area contributed by atoms with E-state index in [0.29, 0.717) is 0 Å². The smallest absolute Gasteiger partial charge is 0.00988 e. The maximum absolute atomic E-state index is 2.39. The van der Waals surface area contributed by atoms with Gasteiger partial charge in [-0.15, -0.1) is 0 Å². The SMILES string of the molecule is c1cc(-c2ccc3cc(-c4cccc(-c5cc6ccccc6c6ccccc56)c4)c4ccccc4c3c2)cc(-c2cc3ccccc3c3ccccc23)c1. The lowest BCUT2D eigenvalue weighted by atomic mass is 9.88. The summed E-state index contributed by atoms with van der Waals surface area (Å²) in [6.07, 6.45) is 0. The molecular weight excluding hydrogens is 649 g/mol. The fourth-order valence-corrected chi connectivity index (χ4v) is 8.83. The van der Waals surface area contributed by atoms with Crippen LogP contribution in [0, 0.1) is 0 Å². The first-order chi connectivity index (χ1) is 26.8. The Morgan fingerprint density at radius 2 is 0.500 bits per heavy atom. The highest BCUT2D eigenvalue weighted by molar-refractivity contribution is 6.17. The van der Waals surface area contributed by atoms with Crippen molar-refractivity contribution in [3.8, 4) is 44.5 Å². The lowest BCUT2D eigenvalue weighted by molar-refractivity contribution is 1.62. The van der Waals surface area contributed by atoms with Crippen molar-refractivity contribution in [2.75, 3.05) is 0 Å². The van der Waals surface area contributed by atoms with Crippen molar-refractivity contribution in [2.45, 2.75) is 0 Å². The van der Waals surface area contributed by atoms with Crippen molar-refractivity contribution < 1.29 is 0 Å². The van der Waals surface area contributed by atoms with Crippen molar-refractivity contribution in [1.82, 2.24) is 0 Å². The molecule has 11 rings (SSSR count). The third kappa shape index (κ3) is 4.92. The Balaban J connectivity index is 1.04. The summed E-state index contributed by atoms with van der Waals surface area (Å²) in [6, 6.07) is 76.1. The van der Waals surface area contributed by atoms with Gasteiger partial charge in [0.25, 0.3) is 0 Å². The molecule has 0 amide bonds. The van der Waals surface area contributed by atoms with Crippen LogP contribution in [0.3, 0.4) is 0 Å². The van der Waals surface area contributed by atoms with Crippen LogP contribution in [0.5, 0.6) is 0 Å². The normalized spacial score (nSPS) is 11.7. The fourth-order valence-electron chi connectivity index (χ4n) is 8.83. The first kappa shape index (κ1) is 30.6. The average molecular weight is 683 g/mol. The lowest BCUT2D eigenvalue weighted by Gasteiger charge is -2.15. The molecule has 11 aromatic carbocycles. The molecule has 0 aliphatic heterocycles. The van der Waals surface area contributed by atoms with Gasteiger partial charge in [-0.05, 0) is 146 Å². The third-order valence-electron chi connectivity index (χ3n) is 11.4. The molecule has 0 saturated heterocycles. The van der Waals surface area contributed by atoms with Crippen molar-refractivity contribution >= 4 is 64.6 Å². The Bertz CT molecular complexity index is 3270. The van der Waals surface area contributed by atoms with Gasteiger partial charge in [0, 0.05) is 0 Å². The molecule has 0 bridgehead atoms. The van der Waals surface area contributed by atoms with Crippen LogP contribution >= 0.6 is 0 Å². The molecule has 0 heteroatoms. The zero-order valence-corrected chi connectivity index (χ0v) is 29.6. The topological polar surface area (TPSA) is 0 Å². The first-order valence-corrected chi connectivity index (χ1v) is 18.7. The van der Waals surface area contributed by atoms with Gasteiger partial charge < -0.3 is 0 Å². The highest BCUT2D eigenvalue weighted by Gasteiger charge is 2.14. The lowest BCUT2D eigenvalue weighted by Crippen LogP contribution is -1.88. The molecule has 0 radical (unpaired) electrons. The summed E-state index contributed by atoms with van der Waals surface area (Å²) in [4.78, 5) is 0. The zero-order chi connectivity index (χ0) is 35.6. The van der Waals surface area contributed by atoms with Crippen LogP contribution in [0.25, 0.3) is 109 Å².